The Hall–Kier alpha value is -3.86. The van der Waals surface area contributed by atoms with Crippen molar-refractivity contribution in [3.05, 3.63) is 53.4 Å². The summed E-state index contributed by atoms with van der Waals surface area (Å²) >= 11 is 0. The van der Waals surface area contributed by atoms with Gasteiger partial charge in [0.15, 0.2) is 11.5 Å². The lowest BCUT2D eigenvalue weighted by Crippen LogP contribution is -1.98. The summed E-state index contributed by atoms with van der Waals surface area (Å²) in [6.45, 7) is 0.382. The molecule has 0 fully saturated rings. The molecule has 0 unspecified atom stereocenters. The SMILES string of the molecule is COc1cc(C=Cc2nc(C#N)c(NCc3ccco3)o2)cc(OC)c1OC. The minimum atomic E-state index is 0.163. The first-order valence-electron chi connectivity index (χ1n) is 8.33. The Bertz CT molecular complexity index is 975. The zero-order valence-corrected chi connectivity index (χ0v) is 15.7. The maximum Gasteiger partial charge on any atom is 0.232 e. The molecular formula is C20H19N3O5. The van der Waals surface area contributed by atoms with Crippen LogP contribution >= 0.6 is 0 Å². The quantitative estimate of drug-likeness (QED) is 0.626. The van der Waals surface area contributed by atoms with Crippen molar-refractivity contribution >= 4 is 18.0 Å². The molecule has 2 aromatic heterocycles. The van der Waals surface area contributed by atoms with Gasteiger partial charge in [0.2, 0.25) is 23.2 Å². The minimum Gasteiger partial charge on any atom is -0.493 e. The number of methoxy groups -OCH3 is 3. The van der Waals surface area contributed by atoms with Crippen LogP contribution in [0, 0.1) is 11.3 Å². The van der Waals surface area contributed by atoms with Crippen molar-refractivity contribution < 1.29 is 23.0 Å². The van der Waals surface area contributed by atoms with E-state index in [1.807, 2.05) is 12.1 Å². The minimum absolute atomic E-state index is 0.163. The third kappa shape index (κ3) is 4.10. The molecule has 0 radical (unpaired) electrons. The lowest BCUT2D eigenvalue weighted by Gasteiger charge is -2.12. The number of benzene rings is 1. The highest BCUT2D eigenvalue weighted by Gasteiger charge is 2.14. The van der Waals surface area contributed by atoms with Gasteiger partial charge in [0.25, 0.3) is 0 Å². The van der Waals surface area contributed by atoms with Crippen LogP contribution in [0.1, 0.15) is 22.9 Å². The first-order chi connectivity index (χ1) is 13.7. The third-order valence-electron chi connectivity index (χ3n) is 3.86. The zero-order chi connectivity index (χ0) is 19.9. The Kier molecular flexibility index (Phi) is 5.87. The summed E-state index contributed by atoms with van der Waals surface area (Å²) in [4.78, 5) is 4.17. The number of hydrogen-bond donors (Lipinski definition) is 1. The highest BCUT2D eigenvalue weighted by Crippen LogP contribution is 2.38. The molecule has 1 N–H and O–H groups in total. The van der Waals surface area contributed by atoms with Crippen LogP contribution in [0.3, 0.4) is 0 Å². The summed E-state index contributed by atoms with van der Waals surface area (Å²) in [7, 11) is 4.65. The fourth-order valence-electron chi connectivity index (χ4n) is 2.55. The van der Waals surface area contributed by atoms with Crippen LogP contribution in [0.5, 0.6) is 17.2 Å². The van der Waals surface area contributed by atoms with Crippen molar-refractivity contribution in [3.8, 4) is 23.3 Å². The summed E-state index contributed by atoms with van der Waals surface area (Å²) in [5.74, 6) is 2.86. The van der Waals surface area contributed by atoms with E-state index in [0.29, 0.717) is 23.8 Å². The van der Waals surface area contributed by atoms with Gasteiger partial charge < -0.3 is 28.4 Å². The van der Waals surface area contributed by atoms with Crippen molar-refractivity contribution in [2.24, 2.45) is 0 Å². The average Bonchev–Trinajstić information content (AvgIpc) is 3.39. The maximum absolute atomic E-state index is 9.26. The van der Waals surface area contributed by atoms with Gasteiger partial charge in [-0.1, -0.05) is 0 Å². The molecule has 0 aliphatic carbocycles. The van der Waals surface area contributed by atoms with Gasteiger partial charge in [0, 0.05) is 6.08 Å². The number of furan rings is 1. The predicted octanol–water partition coefficient (Wildman–Crippen LogP) is 3.95. The summed E-state index contributed by atoms with van der Waals surface area (Å²) in [5.41, 5.74) is 0.951. The number of anilines is 1. The molecule has 2 heterocycles. The highest BCUT2D eigenvalue weighted by atomic mass is 16.5. The van der Waals surface area contributed by atoms with Gasteiger partial charge in [0.05, 0.1) is 34.1 Å². The van der Waals surface area contributed by atoms with Crippen LogP contribution < -0.4 is 19.5 Å². The zero-order valence-electron chi connectivity index (χ0n) is 15.7. The Morgan fingerprint density at radius 2 is 1.89 bits per heavy atom. The topological polar surface area (TPSA) is 103 Å². The van der Waals surface area contributed by atoms with Gasteiger partial charge in [-0.25, -0.2) is 0 Å². The second-order valence-electron chi connectivity index (χ2n) is 5.57. The van der Waals surface area contributed by atoms with E-state index in [-0.39, 0.29) is 17.5 Å². The highest BCUT2D eigenvalue weighted by molar-refractivity contribution is 5.71. The van der Waals surface area contributed by atoms with E-state index in [0.717, 1.165) is 11.3 Å². The fraction of sp³-hybridized carbons (Fsp3) is 0.200. The fourth-order valence-corrected chi connectivity index (χ4v) is 2.55. The molecule has 0 saturated carbocycles. The Morgan fingerprint density at radius 3 is 2.46 bits per heavy atom. The molecule has 144 valence electrons. The van der Waals surface area contributed by atoms with Crippen LogP contribution in [0.15, 0.2) is 39.4 Å². The van der Waals surface area contributed by atoms with Gasteiger partial charge in [0.1, 0.15) is 11.8 Å². The molecular weight excluding hydrogens is 362 g/mol. The van der Waals surface area contributed by atoms with Gasteiger partial charge in [-0.05, 0) is 35.9 Å². The molecule has 3 rings (SSSR count). The lowest BCUT2D eigenvalue weighted by atomic mass is 10.1. The normalized spacial score (nSPS) is 10.6. The van der Waals surface area contributed by atoms with Crippen molar-refractivity contribution in [3.63, 3.8) is 0 Å². The van der Waals surface area contributed by atoms with E-state index < -0.39 is 0 Å². The summed E-state index contributed by atoms with van der Waals surface area (Å²) in [6, 6.07) is 9.20. The standard InChI is InChI=1S/C20H19N3O5/c1-24-16-9-13(10-17(25-2)19(16)26-3)6-7-18-23-15(11-21)20(28-18)22-12-14-5-4-8-27-14/h4-10,22H,12H2,1-3H3. The van der Waals surface area contributed by atoms with E-state index in [9.17, 15) is 5.26 Å². The number of ether oxygens (including phenoxy) is 3. The van der Waals surface area contributed by atoms with Crippen molar-refractivity contribution in [2.45, 2.75) is 6.54 Å². The molecule has 0 aliphatic heterocycles. The average molecular weight is 381 g/mol. The van der Waals surface area contributed by atoms with Crippen LogP contribution in [0.2, 0.25) is 0 Å². The number of nitriles is 1. The number of rotatable bonds is 8. The molecule has 1 aromatic carbocycles. The van der Waals surface area contributed by atoms with Crippen molar-refractivity contribution in [1.82, 2.24) is 4.98 Å². The monoisotopic (exact) mass is 381 g/mol. The van der Waals surface area contributed by atoms with Crippen molar-refractivity contribution in [1.29, 1.82) is 5.26 Å². The number of oxazole rings is 1. The number of aromatic nitrogens is 1. The van der Waals surface area contributed by atoms with E-state index in [1.54, 1.807) is 57.9 Å². The number of hydrogen-bond acceptors (Lipinski definition) is 8. The smallest absolute Gasteiger partial charge is 0.232 e. The second kappa shape index (κ2) is 8.68. The second-order valence-corrected chi connectivity index (χ2v) is 5.57. The van der Waals surface area contributed by atoms with Gasteiger partial charge in [-0.15, -0.1) is 0 Å². The third-order valence-corrected chi connectivity index (χ3v) is 3.86. The summed E-state index contributed by atoms with van der Waals surface area (Å²) < 4.78 is 26.9. The van der Waals surface area contributed by atoms with E-state index in [2.05, 4.69) is 10.3 Å². The predicted molar refractivity (Wildman–Crippen MR) is 102 cm³/mol. The first kappa shape index (κ1) is 18.9. The molecule has 3 aromatic rings. The Labute approximate surface area is 162 Å². The largest absolute Gasteiger partial charge is 0.493 e. The molecule has 8 nitrogen and oxygen atoms in total. The van der Waals surface area contributed by atoms with Gasteiger partial charge >= 0.3 is 0 Å². The molecule has 0 saturated heterocycles. The van der Waals surface area contributed by atoms with Crippen LogP contribution in [-0.4, -0.2) is 26.3 Å². The number of nitrogens with one attached hydrogen (secondary N) is 1. The van der Waals surface area contributed by atoms with E-state index in [4.69, 9.17) is 23.0 Å². The molecule has 0 spiro atoms. The van der Waals surface area contributed by atoms with Crippen LogP contribution in [-0.2, 0) is 6.54 Å². The van der Waals surface area contributed by atoms with E-state index in [1.165, 1.54) is 0 Å². The lowest BCUT2D eigenvalue weighted by molar-refractivity contribution is 0.324. The van der Waals surface area contributed by atoms with Crippen molar-refractivity contribution in [2.75, 3.05) is 26.6 Å². The molecule has 0 aliphatic rings. The first-order valence-corrected chi connectivity index (χ1v) is 8.33. The molecule has 0 amide bonds. The van der Waals surface area contributed by atoms with Gasteiger partial charge in [-0.3, -0.25) is 0 Å². The Balaban J connectivity index is 1.81. The van der Waals surface area contributed by atoms with Crippen LogP contribution in [0.25, 0.3) is 12.2 Å². The molecule has 0 atom stereocenters. The molecule has 28 heavy (non-hydrogen) atoms. The van der Waals surface area contributed by atoms with Crippen LogP contribution in [0.4, 0.5) is 5.88 Å². The maximum atomic E-state index is 9.26. The van der Waals surface area contributed by atoms with E-state index >= 15 is 0 Å². The molecule has 8 heteroatoms. The Morgan fingerprint density at radius 1 is 1.14 bits per heavy atom. The van der Waals surface area contributed by atoms with Gasteiger partial charge in [-0.2, -0.15) is 10.2 Å². The molecule has 0 bridgehead atoms. The summed E-state index contributed by atoms with van der Waals surface area (Å²) in [6.07, 6.45) is 5.00. The summed E-state index contributed by atoms with van der Waals surface area (Å²) in [5, 5.41) is 12.3. The number of nitrogens with zero attached hydrogens (tertiary/aromatic N) is 2.